The van der Waals surface area contributed by atoms with Gasteiger partial charge in [-0.05, 0) is 12.3 Å². The number of benzene rings is 1. The van der Waals surface area contributed by atoms with E-state index in [1.807, 2.05) is 0 Å². The fraction of sp³-hybridized carbons (Fsp3) is 0.455. The molecule has 0 spiro atoms. The van der Waals surface area contributed by atoms with Crippen LogP contribution in [0.1, 0.15) is 6.42 Å². The molecule has 1 fully saturated rings. The molecule has 1 atom stereocenters. The van der Waals surface area contributed by atoms with Gasteiger partial charge in [0, 0.05) is 6.54 Å². The third-order valence-corrected chi connectivity index (χ3v) is 5.42. The van der Waals surface area contributed by atoms with E-state index in [1.165, 1.54) is 0 Å². The zero-order valence-corrected chi connectivity index (χ0v) is 12.9. The summed E-state index contributed by atoms with van der Waals surface area (Å²) in [4.78, 5) is 30.1. The monoisotopic (exact) mass is 360 g/mol. The second kappa shape index (κ2) is 6.35. The van der Waals surface area contributed by atoms with E-state index < -0.39 is 47.4 Å². The average Bonchev–Trinajstić information content (AvgIpc) is 2.83. The highest BCUT2D eigenvalue weighted by molar-refractivity contribution is 7.91. The van der Waals surface area contributed by atoms with Crippen LogP contribution in [0.4, 0.5) is 22.7 Å². The Morgan fingerprint density at radius 1 is 1.04 bits per heavy atom. The number of rotatable bonds is 6. The molecular weight excluding hydrogens is 348 g/mol. The van der Waals surface area contributed by atoms with E-state index in [1.54, 1.807) is 0 Å². The van der Waals surface area contributed by atoms with E-state index in [0.29, 0.717) is 18.6 Å². The first-order chi connectivity index (χ1) is 11.1. The van der Waals surface area contributed by atoms with E-state index in [9.17, 15) is 38.8 Å². The Labute approximate surface area is 134 Å². The summed E-state index contributed by atoms with van der Waals surface area (Å²) in [5.74, 6) is -0.470. The molecule has 1 heterocycles. The Kier molecular flexibility index (Phi) is 4.64. The van der Waals surface area contributed by atoms with Crippen LogP contribution < -0.4 is 5.32 Å². The van der Waals surface area contributed by atoms with Crippen LogP contribution in [-0.2, 0) is 9.84 Å². The number of hydrogen-bond donors (Lipinski definition) is 1. The number of sulfone groups is 1. The SMILES string of the molecule is O=[N+]([O-])c1cc([N+](=O)[O-])c(NC[C@@H]2CCS(=O)(=O)C2)c([N+](=O)[O-])c1. The molecule has 0 radical (unpaired) electrons. The van der Waals surface area contributed by atoms with Crippen LogP contribution >= 0.6 is 0 Å². The summed E-state index contributed by atoms with van der Waals surface area (Å²) in [6.45, 7) is -0.0290. The standard InChI is InChI=1S/C11H12N4O8S/c16-13(17)8-3-9(14(18)19)11(10(4-8)15(20)21)12-5-7-1-2-24(22,23)6-7/h3-4,7,12H,1-2,5-6H2/t7-/m0/s1. The summed E-state index contributed by atoms with van der Waals surface area (Å²) in [5.41, 5.74) is -2.86. The minimum atomic E-state index is -3.17. The van der Waals surface area contributed by atoms with Gasteiger partial charge in [-0.3, -0.25) is 30.3 Å². The smallest absolute Gasteiger partial charge is 0.306 e. The molecule has 130 valence electrons. The van der Waals surface area contributed by atoms with Crippen molar-refractivity contribution in [3.63, 3.8) is 0 Å². The van der Waals surface area contributed by atoms with Crippen molar-refractivity contribution in [2.75, 3.05) is 23.4 Å². The molecule has 0 amide bonds. The van der Waals surface area contributed by atoms with Crippen molar-refractivity contribution in [3.05, 3.63) is 42.5 Å². The normalized spacial score (nSPS) is 18.9. The molecule has 2 rings (SSSR count). The Bertz CT molecular complexity index is 786. The van der Waals surface area contributed by atoms with Crippen molar-refractivity contribution in [1.29, 1.82) is 0 Å². The van der Waals surface area contributed by atoms with Crippen molar-refractivity contribution in [1.82, 2.24) is 0 Å². The molecule has 0 aromatic heterocycles. The highest BCUT2D eigenvalue weighted by atomic mass is 32.2. The van der Waals surface area contributed by atoms with E-state index in [-0.39, 0.29) is 24.0 Å². The van der Waals surface area contributed by atoms with Crippen LogP contribution in [0, 0.1) is 36.3 Å². The Balaban J connectivity index is 2.38. The predicted octanol–water partition coefficient (Wildman–Crippen LogP) is 1.26. The number of non-ortho nitro benzene ring substituents is 1. The zero-order chi connectivity index (χ0) is 18.1. The second-order valence-corrected chi connectivity index (χ2v) is 7.51. The maximum absolute atomic E-state index is 11.4. The van der Waals surface area contributed by atoms with Crippen LogP contribution in [0.2, 0.25) is 0 Å². The van der Waals surface area contributed by atoms with Gasteiger partial charge in [0.05, 0.1) is 38.4 Å². The van der Waals surface area contributed by atoms with Gasteiger partial charge in [-0.1, -0.05) is 0 Å². The first-order valence-electron chi connectivity index (χ1n) is 6.66. The third-order valence-electron chi connectivity index (χ3n) is 3.58. The lowest BCUT2D eigenvalue weighted by molar-refractivity contribution is -0.401. The highest BCUT2D eigenvalue weighted by Gasteiger charge is 2.33. The number of nitrogens with zero attached hydrogens (tertiary/aromatic N) is 3. The van der Waals surface area contributed by atoms with Gasteiger partial charge in [0.1, 0.15) is 0 Å². The van der Waals surface area contributed by atoms with Gasteiger partial charge in [-0.25, -0.2) is 8.42 Å². The van der Waals surface area contributed by atoms with Crippen LogP contribution in [0.3, 0.4) is 0 Å². The topological polar surface area (TPSA) is 176 Å². The van der Waals surface area contributed by atoms with E-state index in [2.05, 4.69) is 5.32 Å². The lowest BCUT2D eigenvalue weighted by atomic mass is 10.1. The predicted molar refractivity (Wildman–Crippen MR) is 81.7 cm³/mol. The Morgan fingerprint density at radius 2 is 1.58 bits per heavy atom. The molecule has 24 heavy (non-hydrogen) atoms. The number of anilines is 1. The summed E-state index contributed by atoms with van der Waals surface area (Å²) in [5, 5.41) is 35.5. The minimum absolute atomic E-state index is 0.0101. The summed E-state index contributed by atoms with van der Waals surface area (Å²) in [6, 6.07) is 1.25. The molecule has 1 saturated heterocycles. The van der Waals surface area contributed by atoms with Gasteiger partial charge >= 0.3 is 11.4 Å². The number of nitrogens with one attached hydrogen (secondary N) is 1. The quantitative estimate of drug-likeness (QED) is 0.577. The van der Waals surface area contributed by atoms with Crippen molar-refractivity contribution in [3.8, 4) is 0 Å². The van der Waals surface area contributed by atoms with Gasteiger partial charge < -0.3 is 5.32 Å². The summed E-state index contributed by atoms with van der Waals surface area (Å²) in [6.07, 6.45) is 0.337. The maximum atomic E-state index is 11.4. The fourth-order valence-electron chi connectivity index (χ4n) is 2.45. The fourth-order valence-corrected chi connectivity index (χ4v) is 4.31. The largest absolute Gasteiger partial charge is 0.374 e. The molecule has 0 bridgehead atoms. The van der Waals surface area contributed by atoms with E-state index >= 15 is 0 Å². The third kappa shape index (κ3) is 3.73. The molecule has 1 aliphatic heterocycles. The van der Waals surface area contributed by atoms with E-state index in [4.69, 9.17) is 0 Å². The highest BCUT2D eigenvalue weighted by Crippen LogP contribution is 2.38. The number of nitro benzene ring substituents is 3. The molecule has 0 unspecified atom stereocenters. The van der Waals surface area contributed by atoms with Crippen molar-refractivity contribution in [2.24, 2.45) is 5.92 Å². The lowest BCUT2D eigenvalue weighted by Gasteiger charge is -2.11. The van der Waals surface area contributed by atoms with Crippen LogP contribution in [0.15, 0.2) is 12.1 Å². The molecule has 12 nitrogen and oxygen atoms in total. The van der Waals surface area contributed by atoms with Crippen LogP contribution in [0.25, 0.3) is 0 Å². The summed E-state index contributed by atoms with van der Waals surface area (Å²) in [7, 11) is -3.17. The first-order valence-corrected chi connectivity index (χ1v) is 8.48. The van der Waals surface area contributed by atoms with Gasteiger partial charge in [-0.15, -0.1) is 0 Å². The van der Waals surface area contributed by atoms with Gasteiger partial charge in [-0.2, -0.15) is 0 Å². The molecule has 13 heteroatoms. The lowest BCUT2D eigenvalue weighted by Crippen LogP contribution is -2.17. The zero-order valence-electron chi connectivity index (χ0n) is 12.1. The number of hydrogen-bond acceptors (Lipinski definition) is 9. The molecule has 0 saturated carbocycles. The average molecular weight is 360 g/mol. The minimum Gasteiger partial charge on any atom is -0.374 e. The number of nitro groups is 3. The molecule has 1 aromatic rings. The van der Waals surface area contributed by atoms with E-state index in [0.717, 1.165) is 0 Å². The molecule has 1 aromatic carbocycles. The van der Waals surface area contributed by atoms with Crippen molar-refractivity contribution in [2.45, 2.75) is 6.42 Å². The molecular formula is C11H12N4O8S. The van der Waals surface area contributed by atoms with Crippen molar-refractivity contribution >= 4 is 32.6 Å². The maximum Gasteiger partial charge on any atom is 0.306 e. The molecule has 0 aliphatic carbocycles. The van der Waals surface area contributed by atoms with Gasteiger partial charge in [0.2, 0.25) is 0 Å². The Morgan fingerprint density at radius 3 is 1.96 bits per heavy atom. The first kappa shape index (κ1) is 17.5. The van der Waals surface area contributed by atoms with Gasteiger partial charge in [0.25, 0.3) is 5.69 Å². The van der Waals surface area contributed by atoms with Crippen molar-refractivity contribution < 1.29 is 23.2 Å². The van der Waals surface area contributed by atoms with Crippen LogP contribution in [-0.4, -0.2) is 41.2 Å². The van der Waals surface area contributed by atoms with Crippen LogP contribution in [0.5, 0.6) is 0 Å². The second-order valence-electron chi connectivity index (χ2n) is 5.28. The molecule has 1 N–H and O–H groups in total. The summed E-state index contributed by atoms with van der Waals surface area (Å²) >= 11 is 0. The Hall–Kier alpha value is -2.83. The summed E-state index contributed by atoms with van der Waals surface area (Å²) < 4.78 is 22.8. The van der Waals surface area contributed by atoms with Gasteiger partial charge in [0.15, 0.2) is 15.5 Å². The molecule has 1 aliphatic rings.